The molecule has 2 unspecified atom stereocenters. The zero-order chi connectivity index (χ0) is 17.8. The quantitative estimate of drug-likeness (QED) is 0.689. The molecule has 1 heterocycles. The summed E-state index contributed by atoms with van der Waals surface area (Å²) in [6, 6.07) is 0. The second kappa shape index (κ2) is 12.4. The molecular weight excluding hydrogens is 294 g/mol. The van der Waals surface area contributed by atoms with E-state index in [9.17, 15) is 0 Å². The Bertz CT molecular complexity index is 403. The number of aliphatic imine (C=N–C) groups is 1. The second-order valence-electron chi connectivity index (χ2n) is 7.40. The maximum Gasteiger partial charge on any atom is 0.0369 e. The van der Waals surface area contributed by atoms with E-state index in [2.05, 4.69) is 23.7 Å². The maximum atomic E-state index is 5.21. The normalized spacial score (nSPS) is 26.0. The first-order valence-corrected chi connectivity index (χ1v) is 9.85. The van der Waals surface area contributed by atoms with E-state index in [0.717, 1.165) is 23.5 Å². The lowest BCUT2D eigenvalue weighted by Gasteiger charge is -2.31. The Labute approximate surface area is 150 Å². The molecule has 138 valence electrons. The molecule has 2 fully saturated rings. The van der Waals surface area contributed by atoms with Crippen LogP contribution in [0.2, 0.25) is 0 Å². The Kier molecular flexibility index (Phi) is 10.9. The number of nitrogens with zero attached hydrogens (tertiary/aromatic N) is 2. The van der Waals surface area contributed by atoms with Gasteiger partial charge in [0.15, 0.2) is 0 Å². The average Bonchev–Trinajstić information content (AvgIpc) is 3.26. The molecule has 24 heavy (non-hydrogen) atoms. The highest BCUT2D eigenvalue weighted by atomic mass is 15.1. The van der Waals surface area contributed by atoms with Gasteiger partial charge in [-0.05, 0) is 70.0 Å². The third kappa shape index (κ3) is 9.39. The highest BCUT2D eigenvalue weighted by Gasteiger charge is 2.34. The molecular formula is C21H39N3. The fourth-order valence-corrected chi connectivity index (χ4v) is 3.37. The summed E-state index contributed by atoms with van der Waals surface area (Å²) in [6.07, 6.45) is 14.7. The van der Waals surface area contributed by atoms with Crippen LogP contribution in [0, 0.1) is 17.8 Å². The molecule has 1 aliphatic carbocycles. The number of hydrogen-bond donors (Lipinski definition) is 1. The minimum atomic E-state index is 0.548. The highest BCUT2D eigenvalue weighted by molar-refractivity contribution is 5.93. The van der Waals surface area contributed by atoms with E-state index < -0.39 is 0 Å². The van der Waals surface area contributed by atoms with Crippen LogP contribution in [0.3, 0.4) is 0 Å². The summed E-state index contributed by atoms with van der Waals surface area (Å²) in [5.41, 5.74) is 6.21. The van der Waals surface area contributed by atoms with Gasteiger partial charge in [-0.25, -0.2) is 0 Å². The van der Waals surface area contributed by atoms with Crippen molar-refractivity contribution in [1.82, 2.24) is 4.90 Å². The summed E-state index contributed by atoms with van der Waals surface area (Å²) < 4.78 is 0. The van der Waals surface area contributed by atoms with Crippen LogP contribution in [-0.4, -0.2) is 36.8 Å². The monoisotopic (exact) mass is 333 g/mol. The van der Waals surface area contributed by atoms with Crippen LogP contribution in [0.5, 0.6) is 0 Å². The lowest BCUT2D eigenvalue weighted by Crippen LogP contribution is -2.35. The van der Waals surface area contributed by atoms with Gasteiger partial charge in [-0.2, -0.15) is 0 Å². The zero-order valence-electron chi connectivity index (χ0n) is 16.4. The lowest BCUT2D eigenvalue weighted by molar-refractivity contribution is 0.171. The molecule has 0 aromatic rings. The Hall–Kier alpha value is -0.930. The number of allylic oxidation sites excluding steroid dienone is 2. The SMILES string of the molecule is CCCC1CCN(CC2CC2C)CC1.C\C=C/C(C)=N\C=C\CN. The second-order valence-corrected chi connectivity index (χ2v) is 7.40. The van der Waals surface area contributed by atoms with Crippen LogP contribution in [0.4, 0.5) is 0 Å². The average molecular weight is 334 g/mol. The third-order valence-electron chi connectivity index (χ3n) is 5.10. The van der Waals surface area contributed by atoms with Crippen LogP contribution < -0.4 is 5.73 Å². The van der Waals surface area contributed by atoms with E-state index >= 15 is 0 Å². The minimum Gasteiger partial charge on any atom is -0.327 e. The van der Waals surface area contributed by atoms with E-state index in [4.69, 9.17) is 5.73 Å². The topological polar surface area (TPSA) is 41.6 Å². The van der Waals surface area contributed by atoms with Crippen molar-refractivity contribution in [3.8, 4) is 0 Å². The molecule has 2 N–H and O–H groups in total. The summed E-state index contributed by atoms with van der Waals surface area (Å²) in [6.45, 7) is 13.3. The first-order valence-electron chi connectivity index (χ1n) is 9.85. The van der Waals surface area contributed by atoms with E-state index in [-0.39, 0.29) is 0 Å². The molecule has 0 spiro atoms. The van der Waals surface area contributed by atoms with Gasteiger partial charge in [-0.1, -0.05) is 38.8 Å². The molecule has 1 aliphatic heterocycles. The molecule has 0 aromatic carbocycles. The van der Waals surface area contributed by atoms with Crippen molar-refractivity contribution in [3.05, 3.63) is 24.4 Å². The maximum absolute atomic E-state index is 5.21. The predicted octanol–water partition coefficient (Wildman–Crippen LogP) is 4.65. The Balaban J connectivity index is 0.000000257. The van der Waals surface area contributed by atoms with Crippen LogP contribution in [0.1, 0.15) is 59.8 Å². The van der Waals surface area contributed by atoms with Gasteiger partial charge in [0, 0.05) is 25.0 Å². The van der Waals surface area contributed by atoms with Crippen LogP contribution in [0.25, 0.3) is 0 Å². The molecule has 3 heteroatoms. The van der Waals surface area contributed by atoms with E-state index in [1.54, 1.807) is 6.20 Å². The van der Waals surface area contributed by atoms with Crippen LogP contribution in [-0.2, 0) is 0 Å². The standard InChI is InChI=1S/C13H25N.C8H14N2/c1-3-4-12-5-7-14(8-6-12)10-13-9-11(13)2;1-3-5-8(2)10-7-4-6-9/h11-13H,3-10H2,1-2H3;3-5,7H,6,9H2,1-2H3/b;5-3-,7-4+,10-8-. The van der Waals surface area contributed by atoms with E-state index in [1.807, 2.05) is 32.1 Å². The molecule has 1 saturated carbocycles. The first-order chi connectivity index (χ1) is 11.6. The molecule has 0 amide bonds. The van der Waals surface area contributed by atoms with Gasteiger partial charge in [0.05, 0.1) is 0 Å². The van der Waals surface area contributed by atoms with Crippen LogP contribution in [0.15, 0.2) is 29.4 Å². The fourth-order valence-electron chi connectivity index (χ4n) is 3.37. The largest absolute Gasteiger partial charge is 0.327 e. The van der Waals surface area contributed by atoms with Crippen molar-refractivity contribution in [2.75, 3.05) is 26.2 Å². The van der Waals surface area contributed by atoms with Gasteiger partial charge in [0.1, 0.15) is 0 Å². The van der Waals surface area contributed by atoms with Crippen molar-refractivity contribution in [3.63, 3.8) is 0 Å². The lowest BCUT2D eigenvalue weighted by atomic mass is 9.92. The smallest absolute Gasteiger partial charge is 0.0369 e. The van der Waals surface area contributed by atoms with Crippen molar-refractivity contribution >= 4 is 5.71 Å². The highest BCUT2D eigenvalue weighted by Crippen LogP contribution is 2.38. The van der Waals surface area contributed by atoms with Crippen molar-refractivity contribution in [2.45, 2.75) is 59.8 Å². The number of likely N-dealkylation sites (tertiary alicyclic amines) is 1. The molecule has 2 atom stereocenters. The van der Waals surface area contributed by atoms with Crippen LogP contribution >= 0.6 is 0 Å². The van der Waals surface area contributed by atoms with Crippen molar-refractivity contribution in [2.24, 2.45) is 28.5 Å². The summed E-state index contributed by atoms with van der Waals surface area (Å²) in [7, 11) is 0. The number of hydrogen-bond acceptors (Lipinski definition) is 3. The zero-order valence-corrected chi connectivity index (χ0v) is 16.4. The van der Waals surface area contributed by atoms with Crippen molar-refractivity contribution < 1.29 is 0 Å². The predicted molar refractivity (Wildman–Crippen MR) is 107 cm³/mol. The third-order valence-corrected chi connectivity index (χ3v) is 5.10. The molecule has 2 rings (SSSR count). The molecule has 3 nitrogen and oxygen atoms in total. The molecule has 0 aromatic heterocycles. The van der Waals surface area contributed by atoms with Gasteiger partial charge < -0.3 is 10.6 Å². The summed E-state index contributed by atoms with van der Waals surface area (Å²) in [4.78, 5) is 6.78. The van der Waals surface area contributed by atoms with E-state index in [0.29, 0.717) is 6.54 Å². The Morgan fingerprint density at radius 1 is 1.29 bits per heavy atom. The van der Waals surface area contributed by atoms with Gasteiger partial charge in [-0.3, -0.25) is 4.99 Å². The first kappa shape index (κ1) is 21.1. The molecule has 2 aliphatic rings. The van der Waals surface area contributed by atoms with Gasteiger partial charge in [0.2, 0.25) is 0 Å². The van der Waals surface area contributed by atoms with Gasteiger partial charge in [-0.15, -0.1) is 0 Å². The summed E-state index contributed by atoms with van der Waals surface area (Å²) >= 11 is 0. The molecule has 1 saturated heterocycles. The van der Waals surface area contributed by atoms with Gasteiger partial charge >= 0.3 is 0 Å². The minimum absolute atomic E-state index is 0.548. The summed E-state index contributed by atoms with van der Waals surface area (Å²) in [5, 5.41) is 0. The fraction of sp³-hybridized carbons (Fsp3) is 0.762. The van der Waals surface area contributed by atoms with Gasteiger partial charge in [0.25, 0.3) is 0 Å². The van der Waals surface area contributed by atoms with Crippen molar-refractivity contribution in [1.29, 1.82) is 0 Å². The number of nitrogens with two attached hydrogens (primary N) is 1. The summed E-state index contributed by atoms with van der Waals surface area (Å²) in [5.74, 6) is 3.13. The number of rotatable bonds is 7. The molecule has 0 bridgehead atoms. The van der Waals surface area contributed by atoms with E-state index in [1.165, 1.54) is 51.7 Å². The molecule has 0 radical (unpaired) electrons. The Morgan fingerprint density at radius 3 is 2.46 bits per heavy atom. The Morgan fingerprint density at radius 2 is 1.96 bits per heavy atom. The number of piperidine rings is 1.